The molecule has 0 spiro atoms. The van der Waals surface area contributed by atoms with Crippen molar-refractivity contribution in [3.8, 4) is 0 Å². The number of hydrogen-bond donors (Lipinski definition) is 0. The third-order valence-electron chi connectivity index (χ3n) is 3.89. The molecule has 5 nitrogen and oxygen atoms in total. The average Bonchev–Trinajstić information content (AvgIpc) is 2.59. The van der Waals surface area contributed by atoms with Crippen LogP contribution in [0.15, 0.2) is 53.4 Å². The van der Waals surface area contributed by atoms with Gasteiger partial charge in [-0.1, -0.05) is 37.6 Å². The summed E-state index contributed by atoms with van der Waals surface area (Å²) < 4.78 is 32.5. The van der Waals surface area contributed by atoms with Gasteiger partial charge in [0, 0.05) is 5.02 Å². The lowest BCUT2D eigenvalue weighted by molar-refractivity contribution is -0.145. The Hall–Kier alpha value is -2.05. The topological polar surface area (TPSA) is 63.7 Å². The summed E-state index contributed by atoms with van der Waals surface area (Å²) in [6.07, 6.45) is -0.332. The molecule has 0 radical (unpaired) electrons. The monoisotopic (exact) mass is 409 g/mol. The second-order valence-electron chi connectivity index (χ2n) is 6.75. The first kappa shape index (κ1) is 21.3. The van der Waals surface area contributed by atoms with Gasteiger partial charge in [0.05, 0.1) is 16.7 Å². The SMILES string of the molecule is CC(C)OC(=O)CN(c1ccc(C(C)C)cc1)S(=O)(=O)c1ccc(Cl)cc1. The first-order valence-electron chi connectivity index (χ1n) is 8.69. The van der Waals surface area contributed by atoms with Crippen LogP contribution < -0.4 is 4.31 Å². The molecule has 0 amide bonds. The van der Waals surface area contributed by atoms with Crippen molar-refractivity contribution >= 4 is 33.3 Å². The Kier molecular flexibility index (Phi) is 6.89. The molecule has 0 unspecified atom stereocenters. The van der Waals surface area contributed by atoms with E-state index in [1.807, 2.05) is 12.1 Å². The number of carbonyl (C=O) groups is 1. The fraction of sp³-hybridized carbons (Fsp3) is 0.350. The van der Waals surface area contributed by atoms with Crippen molar-refractivity contribution in [2.45, 2.75) is 44.6 Å². The number of benzene rings is 2. The largest absolute Gasteiger partial charge is 0.462 e. The lowest BCUT2D eigenvalue weighted by Gasteiger charge is -2.24. The molecule has 2 rings (SSSR count). The predicted molar refractivity (Wildman–Crippen MR) is 108 cm³/mol. The van der Waals surface area contributed by atoms with Crippen LogP contribution >= 0.6 is 11.6 Å². The Morgan fingerprint density at radius 2 is 1.56 bits per heavy atom. The number of esters is 1. The maximum Gasteiger partial charge on any atom is 0.327 e. The second kappa shape index (κ2) is 8.76. The molecule has 2 aromatic carbocycles. The molecule has 7 heteroatoms. The maximum atomic E-state index is 13.2. The third-order valence-corrected chi connectivity index (χ3v) is 5.93. The number of sulfonamides is 1. The number of ether oxygens (including phenoxy) is 1. The molecule has 0 aliphatic rings. The van der Waals surface area contributed by atoms with Gasteiger partial charge in [-0.25, -0.2) is 8.42 Å². The van der Waals surface area contributed by atoms with Gasteiger partial charge in [0.25, 0.3) is 10.0 Å². The molecular weight excluding hydrogens is 386 g/mol. The predicted octanol–water partition coefficient (Wildman–Crippen LogP) is 4.61. The number of anilines is 1. The summed E-state index contributed by atoms with van der Waals surface area (Å²) in [6, 6.07) is 13.0. The minimum absolute atomic E-state index is 0.0529. The summed E-state index contributed by atoms with van der Waals surface area (Å²) in [5, 5.41) is 0.431. The smallest absolute Gasteiger partial charge is 0.327 e. The highest BCUT2D eigenvalue weighted by Crippen LogP contribution is 2.26. The van der Waals surface area contributed by atoms with Crippen molar-refractivity contribution in [3.63, 3.8) is 0 Å². The standard InChI is InChI=1S/C20H24ClNO4S/c1-14(2)16-5-9-18(10-6-16)22(13-20(23)26-15(3)4)27(24,25)19-11-7-17(21)8-12-19/h5-12,14-15H,13H2,1-4H3. The van der Waals surface area contributed by atoms with Crippen LogP contribution in [0.3, 0.4) is 0 Å². The first-order chi connectivity index (χ1) is 12.6. The fourth-order valence-corrected chi connectivity index (χ4v) is 4.03. The molecule has 27 heavy (non-hydrogen) atoms. The van der Waals surface area contributed by atoms with Crippen LogP contribution in [0.25, 0.3) is 0 Å². The Morgan fingerprint density at radius 3 is 2.04 bits per heavy atom. The molecule has 0 aliphatic carbocycles. The first-order valence-corrected chi connectivity index (χ1v) is 10.5. The minimum Gasteiger partial charge on any atom is -0.462 e. The highest BCUT2D eigenvalue weighted by Gasteiger charge is 2.28. The van der Waals surface area contributed by atoms with Crippen molar-refractivity contribution < 1.29 is 17.9 Å². The fourth-order valence-electron chi connectivity index (χ4n) is 2.49. The van der Waals surface area contributed by atoms with Crippen LogP contribution in [-0.4, -0.2) is 27.0 Å². The number of carbonyl (C=O) groups excluding carboxylic acids is 1. The van der Waals surface area contributed by atoms with Crippen LogP contribution in [-0.2, 0) is 19.6 Å². The third kappa shape index (κ3) is 5.47. The van der Waals surface area contributed by atoms with Crippen molar-refractivity contribution in [2.75, 3.05) is 10.8 Å². The zero-order valence-electron chi connectivity index (χ0n) is 15.8. The zero-order chi connectivity index (χ0) is 20.2. The van der Waals surface area contributed by atoms with E-state index in [2.05, 4.69) is 13.8 Å². The molecule has 0 heterocycles. The number of rotatable bonds is 7. The Balaban J connectivity index is 2.45. The van der Waals surface area contributed by atoms with E-state index in [0.717, 1.165) is 9.87 Å². The molecule has 0 saturated heterocycles. The molecular formula is C20H24ClNO4S. The minimum atomic E-state index is -3.96. The van der Waals surface area contributed by atoms with Gasteiger partial charge >= 0.3 is 5.97 Å². The molecule has 0 atom stereocenters. The van der Waals surface area contributed by atoms with Crippen LogP contribution in [0.1, 0.15) is 39.2 Å². The van der Waals surface area contributed by atoms with E-state index in [4.69, 9.17) is 16.3 Å². The molecule has 0 N–H and O–H groups in total. The zero-order valence-corrected chi connectivity index (χ0v) is 17.4. The normalized spacial score (nSPS) is 11.7. The van der Waals surface area contributed by atoms with Crippen LogP contribution in [0, 0.1) is 0 Å². The van der Waals surface area contributed by atoms with Crippen molar-refractivity contribution in [1.82, 2.24) is 0 Å². The highest BCUT2D eigenvalue weighted by molar-refractivity contribution is 7.92. The van der Waals surface area contributed by atoms with Crippen molar-refractivity contribution in [3.05, 3.63) is 59.1 Å². The summed E-state index contributed by atoms with van der Waals surface area (Å²) in [4.78, 5) is 12.2. The van der Waals surface area contributed by atoms with Gasteiger partial charge in [-0.2, -0.15) is 0 Å². The van der Waals surface area contributed by atoms with E-state index in [1.54, 1.807) is 26.0 Å². The molecule has 0 aliphatic heterocycles. The number of halogens is 1. The molecule has 0 aromatic heterocycles. The van der Waals surface area contributed by atoms with Crippen LogP contribution in [0.4, 0.5) is 5.69 Å². The van der Waals surface area contributed by atoms with E-state index in [0.29, 0.717) is 16.6 Å². The molecule has 146 valence electrons. The molecule has 0 saturated carbocycles. The lowest BCUT2D eigenvalue weighted by atomic mass is 10.0. The summed E-state index contributed by atoms with van der Waals surface area (Å²) in [5.41, 5.74) is 1.47. The van der Waals surface area contributed by atoms with E-state index >= 15 is 0 Å². The average molecular weight is 410 g/mol. The number of nitrogens with zero attached hydrogens (tertiary/aromatic N) is 1. The lowest BCUT2D eigenvalue weighted by Crippen LogP contribution is -2.37. The van der Waals surface area contributed by atoms with Gasteiger partial charge < -0.3 is 4.74 Å². The van der Waals surface area contributed by atoms with Crippen molar-refractivity contribution in [1.29, 1.82) is 0 Å². The van der Waals surface area contributed by atoms with Gasteiger partial charge in [-0.15, -0.1) is 0 Å². The van der Waals surface area contributed by atoms with Crippen LogP contribution in [0.2, 0.25) is 5.02 Å². The highest BCUT2D eigenvalue weighted by atomic mass is 35.5. The Morgan fingerprint density at radius 1 is 1.00 bits per heavy atom. The molecule has 0 bridgehead atoms. The van der Waals surface area contributed by atoms with Gasteiger partial charge in [0.2, 0.25) is 0 Å². The second-order valence-corrected chi connectivity index (χ2v) is 9.05. The van der Waals surface area contributed by atoms with Gasteiger partial charge in [0.1, 0.15) is 6.54 Å². The van der Waals surface area contributed by atoms with E-state index < -0.39 is 22.5 Å². The van der Waals surface area contributed by atoms with Crippen LogP contribution in [0.5, 0.6) is 0 Å². The molecule has 0 fully saturated rings. The molecule has 2 aromatic rings. The number of hydrogen-bond acceptors (Lipinski definition) is 4. The van der Waals surface area contributed by atoms with Gasteiger partial charge in [0.15, 0.2) is 0 Å². The maximum absolute atomic E-state index is 13.2. The summed E-state index contributed by atoms with van der Waals surface area (Å²) >= 11 is 5.86. The van der Waals surface area contributed by atoms with Crippen molar-refractivity contribution in [2.24, 2.45) is 0 Å². The van der Waals surface area contributed by atoms with Gasteiger partial charge in [-0.3, -0.25) is 9.10 Å². The van der Waals surface area contributed by atoms with E-state index in [9.17, 15) is 13.2 Å². The summed E-state index contributed by atoms with van der Waals surface area (Å²) in [6.45, 7) is 7.12. The summed E-state index contributed by atoms with van der Waals surface area (Å²) in [7, 11) is -3.96. The Labute approximate surface area is 166 Å². The van der Waals surface area contributed by atoms with E-state index in [-0.39, 0.29) is 11.0 Å². The Bertz CT molecular complexity index is 875. The quantitative estimate of drug-likeness (QED) is 0.626. The van der Waals surface area contributed by atoms with Gasteiger partial charge in [-0.05, 0) is 61.7 Å². The van der Waals surface area contributed by atoms with E-state index in [1.165, 1.54) is 24.3 Å². The summed E-state index contributed by atoms with van der Waals surface area (Å²) in [5.74, 6) is -0.304.